The number of hydrogen-bond acceptors (Lipinski definition) is 2. The molecule has 0 fully saturated rings. The summed E-state index contributed by atoms with van der Waals surface area (Å²) >= 11 is 17.9. The van der Waals surface area contributed by atoms with Crippen LogP contribution < -0.4 is 10.6 Å². The second-order valence-corrected chi connectivity index (χ2v) is 5.76. The molecule has 2 N–H and O–H groups in total. The molecule has 0 spiro atoms. The van der Waals surface area contributed by atoms with E-state index in [9.17, 15) is 0 Å². The summed E-state index contributed by atoms with van der Waals surface area (Å²) in [5.41, 5.74) is 2.99. The number of aryl methyl sites for hydroxylation is 1. The van der Waals surface area contributed by atoms with Crippen LogP contribution in [0, 0.1) is 6.92 Å². The molecule has 0 atom stereocenters. The summed E-state index contributed by atoms with van der Waals surface area (Å²) in [6, 6.07) is 11.3. The Bertz CT molecular complexity index is 579. The van der Waals surface area contributed by atoms with Crippen LogP contribution in [0.3, 0.4) is 0 Å². The molecule has 5 heteroatoms. The summed E-state index contributed by atoms with van der Waals surface area (Å²) in [4.78, 5) is 0. The van der Waals surface area contributed by atoms with Crippen molar-refractivity contribution in [3.05, 3.63) is 57.0 Å². The molecule has 0 saturated carbocycles. The lowest BCUT2D eigenvalue weighted by Crippen LogP contribution is -2.13. The Kier molecular flexibility index (Phi) is 5.41. The monoisotopic (exact) mass is 328 g/mol. The average molecular weight is 330 g/mol. The Labute approximate surface area is 134 Å². The molecule has 2 nitrogen and oxygen atoms in total. The molecule has 20 heavy (non-hydrogen) atoms. The molecular weight excluding hydrogens is 315 g/mol. The summed E-state index contributed by atoms with van der Waals surface area (Å²) in [7, 11) is 0. The van der Waals surface area contributed by atoms with Crippen molar-refractivity contribution in [1.82, 2.24) is 0 Å². The maximum absolute atomic E-state index is 6.07. The zero-order valence-electron chi connectivity index (χ0n) is 11.0. The Morgan fingerprint density at radius 2 is 1.40 bits per heavy atom. The molecule has 106 valence electrons. The smallest absolute Gasteiger partial charge is 0.0455 e. The van der Waals surface area contributed by atoms with Crippen LogP contribution in [-0.2, 0) is 0 Å². The minimum Gasteiger partial charge on any atom is -0.383 e. The van der Waals surface area contributed by atoms with Gasteiger partial charge in [0.1, 0.15) is 0 Å². The van der Waals surface area contributed by atoms with E-state index in [1.807, 2.05) is 37.3 Å². The number of rotatable bonds is 5. The molecule has 0 aliphatic rings. The van der Waals surface area contributed by atoms with Crippen molar-refractivity contribution in [3.63, 3.8) is 0 Å². The van der Waals surface area contributed by atoms with Crippen LogP contribution in [0.1, 0.15) is 5.56 Å². The molecule has 0 aliphatic carbocycles. The van der Waals surface area contributed by atoms with Crippen LogP contribution in [-0.4, -0.2) is 13.1 Å². The topological polar surface area (TPSA) is 24.1 Å². The lowest BCUT2D eigenvalue weighted by molar-refractivity contribution is 1.08. The fraction of sp³-hybridized carbons (Fsp3) is 0.200. The van der Waals surface area contributed by atoms with Gasteiger partial charge in [0.05, 0.1) is 0 Å². The van der Waals surface area contributed by atoms with Crippen molar-refractivity contribution in [2.24, 2.45) is 0 Å². The van der Waals surface area contributed by atoms with Gasteiger partial charge >= 0.3 is 0 Å². The molecule has 2 aromatic rings. The van der Waals surface area contributed by atoms with E-state index in [4.69, 9.17) is 34.8 Å². The first-order chi connectivity index (χ1) is 9.54. The van der Waals surface area contributed by atoms with Gasteiger partial charge in [-0.15, -0.1) is 0 Å². The number of benzene rings is 2. The maximum atomic E-state index is 6.07. The summed E-state index contributed by atoms with van der Waals surface area (Å²) < 4.78 is 0. The fourth-order valence-corrected chi connectivity index (χ4v) is 2.48. The van der Waals surface area contributed by atoms with E-state index in [1.54, 1.807) is 6.07 Å². The highest BCUT2D eigenvalue weighted by molar-refractivity contribution is 6.35. The third-order valence-corrected chi connectivity index (χ3v) is 3.66. The Hall–Kier alpha value is -1.09. The molecule has 2 aromatic carbocycles. The van der Waals surface area contributed by atoms with Crippen molar-refractivity contribution in [2.75, 3.05) is 23.7 Å². The SMILES string of the molecule is Cc1ccc(NCCNc2cc(Cl)cc(Cl)c2)cc1Cl. The van der Waals surface area contributed by atoms with E-state index in [2.05, 4.69) is 10.6 Å². The Morgan fingerprint density at radius 1 is 0.800 bits per heavy atom. The highest BCUT2D eigenvalue weighted by Crippen LogP contribution is 2.22. The second kappa shape index (κ2) is 7.07. The van der Waals surface area contributed by atoms with E-state index < -0.39 is 0 Å². The van der Waals surface area contributed by atoms with Crippen LogP contribution in [0.4, 0.5) is 11.4 Å². The zero-order valence-corrected chi connectivity index (χ0v) is 13.3. The van der Waals surface area contributed by atoms with E-state index in [1.165, 1.54) is 0 Å². The first-order valence-electron chi connectivity index (χ1n) is 6.24. The highest BCUT2D eigenvalue weighted by Gasteiger charge is 1.99. The van der Waals surface area contributed by atoms with Crippen LogP contribution in [0.2, 0.25) is 15.1 Å². The number of halogens is 3. The number of anilines is 2. The van der Waals surface area contributed by atoms with Gasteiger partial charge in [-0.25, -0.2) is 0 Å². The van der Waals surface area contributed by atoms with Gasteiger partial charge in [0, 0.05) is 39.5 Å². The van der Waals surface area contributed by atoms with Crippen LogP contribution in [0.25, 0.3) is 0 Å². The molecule has 0 bridgehead atoms. The number of hydrogen-bond donors (Lipinski definition) is 2. The second-order valence-electron chi connectivity index (χ2n) is 4.48. The van der Waals surface area contributed by atoms with Gasteiger partial charge in [-0.05, 0) is 42.8 Å². The molecule has 0 saturated heterocycles. The Morgan fingerprint density at radius 3 is 2.00 bits per heavy atom. The van der Waals surface area contributed by atoms with E-state index in [-0.39, 0.29) is 0 Å². The van der Waals surface area contributed by atoms with Gasteiger partial charge in [0.25, 0.3) is 0 Å². The van der Waals surface area contributed by atoms with Crippen molar-refractivity contribution >= 4 is 46.2 Å². The van der Waals surface area contributed by atoms with Crippen LogP contribution >= 0.6 is 34.8 Å². The van der Waals surface area contributed by atoms with Crippen LogP contribution in [0.15, 0.2) is 36.4 Å². The van der Waals surface area contributed by atoms with E-state index in [0.717, 1.165) is 35.1 Å². The van der Waals surface area contributed by atoms with E-state index >= 15 is 0 Å². The first kappa shape index (κ1) is 15.3. The molecule has 0 aliphatic heterocycles. The standard InChI is InChI=1S/C15H15Cl3N2/c1-10-2-3-13(9-15(10)18)19-4-5-20-14-7-11(16)6-12(17)8-14/h2-3,6-9,19-20H,4-5H2,1H3. The largest absolute Gasteiger partial charge is 0.383 e. The molecular formula is C15H15Cl3N2. The molecule has 0 heterocycles. The molecule has 2 rings (SSSR count). The summed E-state index contributed by atoms with van der Waals surface area (Å²) in [5, 5.41) is 8.57. The maximum Gasteiger partial charge on any atom is 0.0455 e. The number of nitrogens with one attached hydrogen (secondary N) is 2. The summed E-state index contributed by atoms with van der Waals surface area (Å²) in [6.07, 6.45) is 0. The van der Waals surface area contributed by atoms with Gasteiger partial charge < -0.3 is 10.6 Å². The third-order valence-electron chi connectivity index (χ3n) is 2.82. The highest BCUT2D eigenvalue weighted by atomic mass is 35.5. The summed E-state index contributed by atoms with van der Waals surface area (Å²) in [6.45, 7) is 3.50. The molecule has 0 aromatic heterocycles. The van der Waals surface area contributed by atoms with Crippen molar-refractivity contribution < 1.29 is 0 Å². The normalized spacial score (nSPS) is 10.4. The Balaban J connectivity index is 1.82. The molecule has 0 radical (unpaired) electrons. The van der Waals surface area contributed by atoms with Crippen molar-refractivity contribution in [1.29, 1.82) is 0 Å². The van der Waals surface area contributed by atoms with Gasteiger partial charge in [0.2, 0.25) is 0 Å². The quantitative estimate of drug-likeness (QED) is 0.710. The average Bonchev–Trinajstić information content (AvgIpc) is 2.38. The minimum absolute atomic E-state index is 0.623. The minimum atomic E-state index is 0.623. The van der Waals surface area contributed by atoms with Gasteiger partial charge in [-0.3, -0.25) is 0 Å². The van der Waals surface area contributed by atoms with Crippen LogP contribution in [0.5, 0.6) is 0 Å². The lowest BCUT2D eigenvalue weighted by Gasteiger charge is -2.10. The fourth-order valence-electron chi connectivity index (χ4n) is 1.77. The van der Waals surface area contributed by atoms with Gasteiger partial charge in [-0.2, -0.15) is 0 Å². The first-order valence-corrected chi connectivity index (χ1v) is 7.38. The lowest BCUT2D eigenvalue weighted by atomic mass is 10.2. The van der Waals surface area contributed by atoms with Crippen molar-refractivity contribution in [2.45, 2.75) is 6.92 Å². The third kappa shape index (κ3) is 4.48. The predicted molar refractivity (Wildman–Crippen MR) is 89.6 cm³/mol. The van der Waals surface area contributed by atoms with E-state index in [0.29, 0.717) is 10.0 Å². The van der Waals surface area contributed by atoms with Gasteiger partial charge in [-0.1, -0.05) is 40.9 Å². The molecule has 0 amide bonds. The predicted octanol–water partition coefficient (Wildman–Crippen LogP) is 5.48. The van der Waals surface area contributed by atoms with Crippen molar-refractivity contribution in [3.8, 4) is 0 Å². The zero-order chi connectivity index (χ0) is 14.5. The van der Waals surface area contributed by atoms with Gasteiger partial charge in [0.15, 0.2) is 0 Å². The summed E-state index contributed by atoms with van der Waals surface area (Å²) in [5.74, 6) is 0. The molecule has 0 unspecified atom stereocenters.